The number of rotatable bonds is 45. The van der Waals surface area contributed by atoms with E-state index in [1.54, 1.807) is 0 Å². The molecular formula is C61H133N9. The molecule has 0 aromatic rings. The minimum Gasteiger partial charge on any atom is -0.312 e. The highest BCUT2D eigenvalue weighted by atomic mass is 15.3. The second kappa shape index (κ2) is 35.8. The van der Waals surface area contributed by atoms with Gasteiger partial charge in [0, 0.05) is 72.5 Å². The summed E-state index contributed by atoms with van der Waals surface area (Å²) in [6.07, 6.45) is 16.1. The second-order valence-electron chi connectivity index (χ2n) is 26.3. The van der Waals surface area contributed by atoms with Crippen LogP contribution in [0.25, 0.3) is 0 Å². The normalized spacial score (nSPS) is 19.6. The SMILES string of the molecule is CCCCC(C)NC(C(CNC(C)C(C)C)NC(C)(C)CC)C(NCC(C)CCC)C(NCCC(C)CC)C(CNC(C)CC(C)C)(NCCCC(C)C)C(C)(NC(C)C(C)CC)NC(C)(C)CCC. The van der Waals surface area contributed by atoms with E-state index in [1.807, 2.05) is 0 Å². The lowest BCUT2D eigenvalue weighted by Crippen LogP contribution is -2.88. The Morgan fingerprint density at radius 2 is 1.16 bits per heavy atom. The van der Waals surface area contributed by atoms with E-state index >= 15 is 0 Å². The second-order valence-corrected chi connectivity index (χ2v) is 26.3. The zero-order valence-corrected chi connectivity index (χ0v) is 52.0. The van der Waals surface area contributed by atoms with Crippen molar-refractivity contribution in [3.63, 3.8) is 0 Å². The first-order chi connectivity index (χ1) is 32.6. The first-order valence-corrected chi connectivity index (χ1v) is 30.4. The van der Waals surface area contributed by atoms with E-state index in [4.69, 9.17) is 0 Å². The minimum absolute atomic E-state index is 0.0255. The average Bonchev–Trinajstić information content (AvgIpc) is 3.27. The van der Waals surface area contributed by atoms with Crippen molar-refractivity contribution in [2.75, 3.05) is 32.7 Å². The molecule has 13 unspecified atom stereocenters. The van der Waals surface area contributed by atoms with Crippen LogP contribution in [-0.2, 0) is 0 Å². The van der Waals surface area contributed by atoms with Crippen molar-refractivity contribution in [1.82, 2.24) is 47.9 Å². The van der Waals surface area contributed by atoms with Crippen LogP contribution in [-0.4, -0.2) is 103 Å². The Morgan fingerprint density at radius 3 is 1.69 bits per heavy atom. The molecule has 0 aliphatic heterocycles. The number of hydrogen-bond acceptors (Lipinski definition) is 9. The van der Waals surface area contributed by atoms with Crippen molar-refractivity contribution >= 4 is 0 Å². The van der Waals surface area contributed by atoms with Crippen molar-refractivity contribution in [1.29, 1.82) is 0 Å². The van der Waals surface area contributed by atoms with Crippen molar-refractivity contribution in [2.24, 2.45) is 35.5 Å². The fraction of sp³-hybridized carbons (Fsp3) is 1.00. The lowest BCUT2D eigenvalue weighted by molar-refractivity contribution is 0.00623. The van der Waals surface area contributed by atoms with Crippen molar-refractivity contribution in [3.05, 3.63) is 0 Å². The molecule has 13 atom stereocenters. The minimum atomic E-state index is -0.575. The van der Waals surface area contributed by atoms with E-state index in [9.17, 15) is 0 Å². The van der Waals surface area contributed by atoms with Crippen LogP contribution in [0.4, 0.5) is 0 Å². The van der Waals surface area contributed by atoms with Gasteiger partial charge in [0.25, 0.3) is 0 Å². The molecular weight excluding hydrogens is 859 g/mol. The van der Waals surface area contributed by atoms with Gasteiger partial charge in [-0.15, -0.1) is 0 Å². The van der Waals surface area contributed by atoms with Gasteiger partial charge in [0.2, 0.25) is 0 Å². The third-order valence-electron chi connectivity index (χ3n) is 16.8. The highest BCUT2D eigenvalue weighted by Crippen LogP contribution is 2.34. The van der Waals surface area contributed by atoms with E-state index in [1.165, 1.54) is 38.5 Å². The van der Waals surface area contributed by atoms with E-state index in [0.29, 0.717) is 53.6 Å². The molecule has 0 aromatic carbocycles. The summed E-state index contributed by atoms with van der Waals surface area (Å²) in [5.41, 5.74) is -1.32. The molecule has 0 aliphatic carbocycles. The average molecular weight is 993 g/mol. The molecule has 0 aliphatic rings. The molecule has 9 N–H and O–H groups in total. The van der Waals surface area contributed by atoms with Crippen LogP contribution in [0.2, 0.25) is 0 Å². The van der Waals surface area contributed by atoms with Crippen molar-refractivity contribution in [3.8, 4) is 0 Å². The molecule has 9 nitrogen and oxygen atoms in total. The predicted molar refractivity (Wildman–Crippen MR) is 316 cm³/mol. The molecule has 0 heterocycles. The quantitative estimate of drug-likeness (QED) is 0.0218. The van der Waals surface area contributed by atoms with Crippen LogP contribution in [0.1, 0.15) is 256 Å². The Balaban J connectivity index is 9.52. The van der Waals surface area contributed by atoms with Crippen LogP contribution in [0.5, 0.6) is 0 Å². The van der Waals surface area contributed by atoms with Crippen LogP contribution in [0.15, 0.2) is 0 Å². The maximum absolute atomic E-state index is 4.66. The molecule has 0 bridgehead atoms. The highest BCUT2D eigenvalue weighted by Gasteiger charge is 2.58. The van der Waals surface area contributed by atoms with Crippen molar-refractivity contribution in [2.45, 2.75) is 327 Å². The molecule has 0 amide bonds. The fourth-order valence-electron chi connectivity index (χ4n) is 11.0. The van der Waals surface area contributed by atoms with E-state index < -0.39 is 11.2 Å². The topological polar surface area (TPSA) is 108 Å². The molecule has 0 radical (unpaired) electrons. The van der Waals surface area contributed by atoms with Gasteiger partial charge in [-0.2, -0.15) is 0 Å². The summed E-state index contributed by atoms with van der Waals surface area (Å²) in [5, 5.41) is 40.4. The summed E-state index contributed by atoms with van der Waals surface area (Å²) in [7, 11) is 0. The van der Waals surface area contributed by atoms with Gasteiger partial charge in [0.1, 0.15) is 0 Å². The summed E-state index contributed by atoms with van der Waals surface area (Å²) < 4.78 is 0. The first kappa shape index (κ1) is 69.6. The van der Waals surface area contributed by atoms with Gasteiger partial charge in [-0.05, 0) is 169 Å². The van der Waals surface area contributed by atoms with E-state index in [2.05, 4.69) is 214 Å². The summed E-state index contributed by atoms with van der Waals surface area (Å²) >= 11 is 0. The van der Waals surface area contributed by atoms with Gasteiger partial charge in [-0.25, -0.2) is 0 Å². The van der Waals surface area contributed by atoms with Gasteiger partial charge in [0.05, 0.1) is 11.2 Å². The lowest BCUT2D eigenvalue weighted by Gasteiger charge is -2.60. The molecule has 9 heteroatoms. The molecule has 70 heavy (non-hydrogen) atoms. The Morgan fingerprint density at radius 1 is 0.500 bits per heavy atom. The zero-order valence-electron chi connectivity index (χ0n) is 52.0. The standard InChI is InChI=1S/C61H133N9/c1-25-31-35-50(16)67-55(54(69-58(20,21)30-6)42-63-52(18)46(11)12)56(64-41-48(14)33-26-2)57(62-39-36-47(13)28-4)61(66-38-32-34-44(7)8,43-65-51(17)40-45(9)10)60(24,68-53(19)49(15)29-5)70-59(22,23)37-27-3/h44-57,62-70H,25-43H2,1-24H3. The summed E-state index contributed by atoms with van der Waals surface area (Å²) in [6, 6.07) is 1.55. The predicted octanol–water partition coefficient (Wildman–Crippen LogP) is 12.8. The maximum Gasteiger partial charge on any atom is 0.0880 e. The zero-order chi connectivity index (χ0) is 53.9. The molecule has 0 rings (SSSR count). The number of nitrogens with one attached hydrogen (secondary N) is 9. The molecule has 422 valence electrons. The Bertz CT molecular complexity index is 1260. The lowest BCUT2D eigenvalue weighted by atomic mass is 9.70. The Labute approximate surface area is 441 Å². The largest absolute Gasteiger partial charge is 0.312 e. The highest BCUT2D eigenvalue weighted by molar-refractivity contribution is 5.22. The smallest absolute Gasteiger partial charge is 0.0880 e. The number of unbranched alkanes of at least 4 members (excludes halogenated alkanes) is 1. The van der Waals surface area contributed by atoms with Crippen molar-refractivity contribution < 1.29 is 0 Å². The molecule has 0 fully saturated rings. The third kappa shape index (κ3) is 26.4. The van der Waals surface area contributed by atoms with Crippen LogP contribution >= 0.6 is 0 Å². The van der Waals surface area contributed by atoms with E-state index in [-0.39, 0.29) is 41.3 Å². The molecule has 0 saturated carbocycles. The van der Waals surface area contributed by atoms with Crippen LogP contribution < -0.4 is 47.9 Å². The first-order valence-electron chi connectivity index (χ1n) is 30.4. The summed E-state index contributed by atoms with van der Waals surface area (Å²) in [5.74, 6) is 3.44. The van der Waals surface area contributed by atoms with Gasteiger partial charge >= 0.3 is 0 Å². The molecule has 0 saturated heterocycles. The molecule has 0 spiro atoms. The fourth-order valence-corrected chi connectivity index (χ4v) is 11.0. The van der Waals surface area contributed by atoms with Gasteiger partial charge in [-0.1, -0.05) is 142 Å². The van der Waals surface area contributed by atoms with Gasteiger partial charge in [0.15, 0.2) is 0 Å². The molecule has 0 aromatic heterocycles. The third-order valence-corrected chi connectivity index (χ3v) is 16.8. The summed E-state index contributed by atoms with van der Waals surface area (Å²) in [4.78, 5) is 0. The van der Waals surface area contributed by atoms with Gasteiger partial charge in [-0.3, -0.25) is 10.6 Å². The van der Waals surface area contributed by atoms with Crippen LogP contribution in [0.3, 0.4) is 0 Å². The summed E-state index contributed by atoms with van der Waals surface area (Å²) in [6.45, 7) is 62.5. The monoisotopic (exact) mass is 992 g/mol. The van der Waals surface area contributed by atoms with Gasteiger partial charge < -0.3 is 37.2 Å². The maximum atomic E-state index is 4.66. The van der Waals surface area contributed by atoms with E-state index in [0.717, 1.165) is 84.1 Å². The Kier molecular flexibility index (Phi) is 35.6. The van der Waals surface area contributed by atoms with Crippen LogP contribution in [0, 0.1) is 35.5 Å². The number of hydrogen-bond donors (Lipinski definition) is 9. The Hall–Kier alpha value is -0.360.